The van der Waals surface area contributed by atoms with E-state index in [1.807, 2.05) is 0 Å². The van der Waals surface area contributed by atoms with Gasteiger partial charge >= 0.3 is 5.91 Å². The number of nitrogens with zero attached hydrogens (tertiary/aromatic N) is 4. The number of aromatic nitrogens is 4. The maximum absolute atomic E-state index is 11.5. The van der Waals surface area contributed by atoms with Crippen molar-refractivity contribution in [3.63, 3.8) is 0 Å². The molecule has 0 spiro atoms. The maximum Gasteiger partial charge on any atom is 0.313 e. The topological polar surface area (TPSA) is 60.7 Å². The van der Waals surface area contributed by atoms with E-state index in [2.05, 4.69) is 15.2 Å². The van der Waals surface area contributed by atoms with Crippen LogP contribution in [0.1, 0.15) is 10.5 Å². The van der Waals surface area contributed by atoms with E-state index in [-0.39, 0.29) is 5.91 Å². The first kappa shape index (κ1) is 7.60. The van der Waals surface area contributed by atoms with Crippen LogP contribution >= 0.6 is 0 Å². The van der Waals surface area contributed by atoms with E-state index in [1.165, 1.54) is 12.4 Å². The maximum atomic E-state index is 11.5. The first-order valence-electron chi connectivity index (χ1n) is 3.70. The van der Waals surface area contributed by atoms with E-state index in [0.717, 1.165) is 4.80 Å². The highest BCUT2D eigenvalue weighted by Crippen LogP contribution is 1.95. The molecule has 0 N–H and O–H groups in total. The molecule has 2 heterocycles. The van der Waals surface area contributed by atoms with Gasteiger partial charge in [0.25, 0.3) is 0 Å². The minimum Gasteiger partial charge on any atom is -0.263 e. The van der Waals surface area contributed by atoms with Crippen molar-refractivity contribution >= 4 is 5.91 Å². The van der Waals surface area contributed by atoms with Crippen molar-refractivity contribution in [2.24, 2.45) is 0 Å². The lowest BCUT2D eigenvalue weighted by molar-refractivity contribution is 0.0922. The Morgan fingerprint density at radius 1 is 1.15 bits per heavy atom. The summed E-state index contributed by atoms with van der Waals surface area (Å²) in [4.78, 5) is 16.4. The molecule has 64 valence electrons. The van der Waals surface area contributed by atoms with E-state index >= 15 is 0 Å². The lowest BCUT2D eigenvalue weighted by Crippen LogP contribution is -2.16. The molecule has 0 saturated carbocycles. The number of hydrogen-bond acceptors (Lipinski definition) is 4. The van der Waals surface area contributed by atoms with Gasteiger partial charge in [0.15, 0.2) is 0 Å². The number of pyridine rings is 1. The zero-order chi connectivity index (χ0) is 9.10. The average molecular weight is 174 g/mol. The minimum atomic E-state index is -0.328. The number of carbonyl (C=O) groups excluding carboxylic acids is 1. The van der Waals surface area contributed by atoms with Crippen molar-refractivity contribution < 1.29 is 4.79 Å². The van der Waals surface area contributed by atoms with Crippen molar-refractivity contribution in [2.45, 2.75) is 0 Å². The Morgan fingerprint density at radius 3 is 2.54 bits per heavy atom. The molecule has 5 nitrogen and oxygen atoms in total. The van der Waals surface area contributed by atoms with Crippen molar-refractivity contribution in [3.8, 4) is 0 Å². The molecule has 0 aromatic carbocycles. The molecule has 0 aliphatic carbocycles. The van der Waals surface area contributed by atoms with Crippen molar-refractivity contribution in [3.05, 3.63) is 42.5 Å². The molecule has 2 rings (SSSR count). The number of rotatable bonds is 1. The van der Waals surface area contributed by atoms with Crippen molar-refractivity contribution in [1.29, 1.82) is 0 Å². The van der Waals surface area contributed by atoms with Crippen LogP contribution in [0, 0.1) is 0 Å². The largest absolute Gasteiger partial charge is 0.313 e. The summed E-state index contributed by atoms with van der Waals surface area (Å²) in [5, 5.41) is 7.42. The standard InChI is InChI=1S/C8H6N4O/c13-8(12-10-5-6-11-12)7-3-1-2-4-9-7/h1-6H. The monoisotopic (exact) mass is 174 g/mol. The van der Waals surface area contributed by atoms with E-state index in [0.29, 0.717) is 5.69 Å². The lowest BCUT2D eigenvalue weighted by Gasteiger charge is -1.95. The lowest BCUT2D eigenvalue weighted by atomic mass is 10.3. The third-order valence-electron chi connectivity index (χ3n) is 1.48. The Morgan fingerprint density at radius 2 is 1.92 bits per heavy atom. The molecular weight excluding hydrogens is 168 g/mol. The summed E-state index contributed by atoms with van der Waals surface area (Å²) < 4.78 is 0. The molecule has 0 radical (unpaired) electrons. The van der Waals surface area contributed by atoms with Crippen LogP contribution in [-0.2, 0) is 0 Å². The van der Waals surface area contributed by atoms with Crippen molar-refractivity contribution in [1.82, 2.24) is 20.0 Å². The van der Waals surface area contributed by atoms with Gasteiger partial charge in [-0.1, -0.05) is 6.07 Å². The van der Waals surface area contributed by atoms with Crippen LogP contribution in [0.3, 0.4) is 0 Å². The quantitative estimate of drug-likeness (QED) is 0.626. The second-order valence-electron chi connectivity index (χ2n) is 2.34. The van der Waals surface area contributed by atoms with Gasteiger partial charge in [0.2, 0.25) is 0 Å². The van der Waals surface area contributed by atoms with Crippen LogP contribution in [0.25, 0.3) is 0 Å². The van der Waals surface area contributed by atoms with Crippen LogP contribution in [0.2, 0.25) is 0 Å². The first-order chi connectivity index (χ1) is 6.38. The number of carbonyl (C=O) groups is 1. The minimum absolute atomic E-state index is 0.328. The van der Waals surface area contributed by atoms with Gasteiger partial charge in [-0.05, 0) is 12.1 Å². The van der Waals surface area contributed by atoms with Crippen LogP contribution in [0.15, 0.2) is 36.8 Å². The summed E-state index contributed by atoms with van der Waals surface area (Å²) in [6.45, 7) is 0. The highest BCUT2D eigenvalue weighted by Gasteiger charge is 2.09. The Hall–Kier alpha value is -2.04. The molecule has 0 aliphatic rings. The highest BCUT2D eigenvalue weighted by molar-refractivity contribution is 5.92. The third kappa shape index (κ3) is 1.44. The van der Waals surface area contributed by atoms with Gasteiger partial charge in [0.05, 0.1) is 12.4 Å². The molecule has 0 unspecified atom stereocenters. The smallest absolute Gasteiger partial charge is 0.263 e. The normalized spacial score (nSPS) is 9.85. The fourth-order valence-electron chi connectivity index (χ4n) is 0.912. The van der Waals surface area contributed by atoms with Crippen LogP contribution in [0.4, 0.5) is 0 Å². The van der Waals surface area contributed by atoms with E-state index in [9.17, 15) is 4.79 Å². The van der Waals surface area contributed by atoms with E-state index in [1.54, 1.807) is 24.4 Å². The Kier molecular flexibility index (Phi) is 1.84. The zero-order valence-corrected chi connectivity index (χ0v) is 6.66. The zero-order valence-electron chi connectivity index (χ0n) is 6.66. The predicted octanol–water partition coefficient (Wildman–Crippen LogP) is 0.362. The van der Waals surface area contributed by atoms with Crippen LogP contribution in [0.5, 0.6) is 0 Å². The second kappa shape index (κ2) is 3.14. The van der Waals surface area contributed by atoms with E-state index in [4.69, 9.17) is 0 Å². The van der Waals surface area contributed by atoms with Crippen LogP contribution < -0.4 is 0 Å². The van der Waals surface area contributed by atoms with Crippen LogP contribution in [-0.4, -0.2) is 25.9 Å². The Labute approximate surface area is 74.0 Å². The molecule has 13 heavy (non-hydrogen) atoms. The van der Waals surface area contributed by atoms with Gasteiger partial charge < -0.3 is 0 Å². The summed E-state index contributed by atoms with van der Waals surface area (Å²) in [7, 11) is 0. The Balaban J connectivity index is 2.34. The Bertz CT molecular complexity index is 395. The van der Waals surface area contributed by atoms with Crippen molar-refractivity contribution in [2.75, 3.05) is 0 Å². The van der Waals surface area contributed by atoms with Gasteiger partial charge in [-0.3, -0.25) is 9.78 Å². The molecule has 5 heteroatoms. The van der Waals surface area contributed by atoms with Gasteiger partial charge in [0.1, 0.15) is 5.69 Å². The SMILES string of the molecule is O=C(c1ccccn1)n1nccn1. The van der Waals surface area contributed by atoms with Gasteiger partial charge in [-0.25, -0.2) is 0 Å². The number of hydrogen-bond donors (Lipinski definition) is 0. The van der Waals surface area contributed by atoms with Gasteiger partial charge in [0, 0.05) is 6.20 Å². The molecule has 0 saturated heterocycles. The predicted molar refractivity (Wildman–Crippen MR) is 44.0 cm³/mol. The fraction of sp³-hybridized carbons (Fsp3) is 0. The van der Waals surface area contributed by atoms with Gasteiger partial charge in [-0.2, -0.15) is 10.2 Å². The highest BCUT2D eigenvalue weighted by atomic mass is 16.2. The summed E-state index contributed by atoms with van der Waals surface area (Å²) in [6.07, 6.45) is 4.44. The molecule has 0 amide bonds. The first-order valence-corrected chi connectivity index (χ1v) is 3.70. The molecule has 0 atom stereocenters. The summed E-state index contributed by atoms with van der Waals surface area (Å²) in [5.74, 6) is -0.328. The molecule has 0 bridgehead atoms. The summed E-state index contributed by atoms with van der Waals surface area (Å²) >= 11 is 0. The molecule has 0 fully saturated rings. The average Bonchev–Trinajstić information content (AvgIpc) is 2.71. The molecule has 2 aromatic heterocycles. The van der Waals surface area contributed by atoms with Gasteiger partial charge in [-0.15, -0.1) is 4.80 Å². The second-order valence-corrected chi connectivity index (χ2v) is 2.34. The molecule has 0 aliphatic heterocycles. The molecular formula is C8H6N4O. The summed E-state index contributed by atoms with van der Waals surface area (Å²) in [6, 6.07) is 5.10. The molecule has 2 aromatic rings. The van der Waals surface area contributed by atoms with E-state index < -0.39 is 0 Å². The third-order valence-corrected chi connectivity index (χ3v) is 1.48. The fourth-order valence-corrected chi connectivity index (χ4v) is 0.912. The summed E-state index contributed by atoms with van der Waals surface area (Å²) in [5.41, 5.74) is 0.332.